The molecule has 80 valence electrons. The van der Waals surface area contributed by atoms with Crippen molar-refractivity contribution in [1.29, 1.82) is 0 Å². The maximum absolute atomic E-state index is 11.3. The van der Waals surface area contributed by atoms with Crippen molar-refractivity contribution in [2.45, 2.75) is 19.1 Å². The summed E-state index contributed by atoms with van der Waals surface area (Å²) in [5, 5.41) is 0. The second-order valence-electron chi connectivity index (χ2n) is 3.77. The van der Waals surface area contributed by atoms with Crippen molar-refractivity contribution in [2.75, 3.05) is 24.7 Å². The topological polar surface area (TPSA) is 63.7 Å². The van der Waals surface area contributed by atoms with Crippen LogP contribution in [0.4, 0.5) is 0 Å². The Labute approximate surface area is 82.9 Å². The van der Waals surface area contributed by atoms with E-state index in [2.05, 4.69) is 0 Å². The van der Waals surface area contributed by atoms with Gasteiger partial charge in [0, 0.05) is 13.5 Å². The standard InChI is InChI=1S/C8H13NO4S/c1-6(10)9-2-3-13-8-5-14(11,12)4-7(8)9/h7-8H,2-5H2,1H3/t7-,8+/m0/s1. The third-order valence-corrected chi connectivity index (χ3v) is 4.43. The third-order valence-electron chi connectivity index (χ3n) is 2.74. The van der Waals surface area contributed by atoms with Gasteiger partial charge in [-0.1, -0.05) is 0 Å². The molecular formula is C8H13NO4S. The molecule has 0 N–H and O–H groups in total. The number of sulfone groups is 1. The van der Waals surface area contributed by atoms with Crippen molar-refractivity contribution in [2.24, 2.45) is 0 Å². The van der Waals surface area contributed by atoms with E-state index in [0.717, 1.165) is 0 Å². The highest BCUT2D eigenvalue weighted by atomic mass is 32.2. The van der Waals surface area contributed by atoms with Gasteiger partial charge in [-0.15, -0.1) is 0 Å². The Morgan fingerprint density at radius 3 is 2.79 bits per heavy atom. The number of ether oxygens (including phenoxy) is 1. The highest BCUT2D eigenvalue weighted by molar-refractivity contribution is 7.91. The van der Waals surface area contributed by atoms with Crippen molar-refractivity contribution in [3.05, 3.63) is 0 Å². The molecular weight excluding hydrogens is 206 g/mol. The van der Waals surface area contributed by atoms with Crippen molar-refractivity contribution in [1.82, 2.24) is 4.90 Å². The molecule has 2 aliphatic rings. The van der Waals surface area contributed by atoms with Crippen LogP contribution in [-0.2, 0) is 19.4 Å². The van der Waals surface area contributed by atoms with Gasteiger partial charge in [-0.25, -0.2) is 8.42 Å². The largest absolute Gasteiger partial charge is 0.373 e. The monoisotopic (exact) mass is 219 g/mol. The van der Waals surface area contributed by atoms with Gasteiger partial charge in [0.05, 0.1) is 30.3 Å². The van der Waals surface area contributed by atoms with Crippen LogP contribution in [0.3, 0.4) is 0 Å². The Hall–Kier alpha value is -0.620. The summed E-state index contributed by atoms with van der Waals surface area (Å²) >= 11 is 0. The Morgan fingerprint density at radius 1 is 1.43 bits per heavy atom. The molecule has 14 heavy (non-hydrogen) atoms. The minimum Gasteiger partial charge on any atom is -0.373 e. The highest BCUT2D eigenvalue weighted by Crippen LogP contribution is 2.24. The predicted molar refractivity (Wildman–Crippen MR) is 49.6 cm³/mol. The van der Waals surface area contributed by atoms with Gasteiger partial charge in [-0.2, -0.15) is 0 Å². The average molecular weight is 219 g/mol. The second kappa shape index (κ2) is 3.20. The van der Waals surface area contributed by atoms with Gasteiger partial charge in [-0.3, -0.25) is 4.79 Å². The zero-order chi connectivity index (χ0) is 10.3. The lowest BCUT2D eigenvalue weighted by molar-refractivity contribution is -0.140. The molecule has 0 aromatic rings. The number of carbonyl (C=O) groups excluding carboxylic acids is 1. The first-order valence-electron chi connectivity index (χ1n) is 4.59. The molecule has 2 fully saturated rings. The van der Waals surface area contributed by atoms with E-state index in [1.165, 1.54) is 6.92 Å². The van der Waals surface area contributed by atoms with Gasteiger partial charge in [0.2, 0.25) is 5.91 Å². The fourth-order valence-electron chi connectivity index (χ4n) is 2.11. The number of hydrogen-bond donors (Lipinski definition) is 0. The van der Waals surface area contributed by atoms with Gasteiger partial charge in [0.1, 0.15) is 0 Å². The first-order valence-corrected chi connectivity index (χ1v) is 6.41. The van der Waals surface area contributed by atoms with E-state index in [9.17, 15) is 13.2 Å². The van der Waals surface area contributed by atoms with Gasteiger partial charge in [0.25, 0.3) is 0 Å². The van der Waals surface area contributed by atoms with Gasteiger partial charge >= 0.3 is 0 Å². The third kappa shape index (κ3) is 1.64. The number of rotatable bonds is 0. The molecule has 0 bridgehead atoms. The Balaban J connectivity index is 2.22. The molecule has 1 amide bonds. The Kier molecular flexibility index (Phi) is 2.27. The van der Waals surface area contributed by atoms with Gasteiger partial charge < -0.3 is 9.64 Å². The van der Waals surface area contributed by atoms with E-state index in [0.29, 0.717) is 13.2 Å². The molecule has 6 heteroatoms. The summed E-state index contributed by atoms with van der Waals surface area (Å²) in [5.74, 6) is 0.0407. The van der Waals surface area contributed by atoms with Gasteiger partial charge in [-0.05, 0) is 0 Å². The number of hydrogen-bond acceptors (Lipinski definition) is 4. The van der Waals surface area contributed by atoms with Crippen LogP contribution in [0.5, 0.6) is 0 Å². The summed E-state index contributed by atoms with van der Waals surface area (Å²) in [5.41, 5.74) is 0. The summed E-state index contributed by atoms with van der Waals surface area (Å²) in [6, 6.07) is -0.258. The van der Waals surface area contributed by atoms with Crippen LogP contribution < -0.4 is 0 Å². The smallest absolute Gasteiger partial charge is 0.219 e. The van der Waals surface area contributed by atoms with E-state index in [4.69, 9.17) is 4.74 Å². The number of nitrogens with zero attached hydrogens (tertiary/aromatic N) is 1. The highest BCUT2D eigenvalue weighted by Gasteiger charge is 2.44. The number of amides is 1. The Bertz CT molecular complexity index is 350. The molecule has 0 saturated carbocycles. The molecule has 2 heterocycles. The van der Waals surface area contributed by atoms with E-state index >= 15 is 0 Å². The van der Waals surface area contributed by atoms with E-state index in [-0.39, 0.29) is 29.6 Å². The molecule has 2 rings (SSSR count). The molecule has 2 atom stereocenters. The summed E-state index contributed by atoms with van der Waals surface area (Å²) < 4.78 is 28.0. The fraction of sp³-hybridized carbons (Fsp3) is 0.875. The second-order valence-corrected chi connectivity index (χ2v) is 5.92. The van der Waals surface area contributed by atoms with Crippen LogP contribution in [0, 0.1) is 0 Å². The first-order chi connectivity index (χ1) is 6.49. The zero-order valence-electron chi connectivity index (χ0n) is 7.97. The van der Waals surface area contributed by atoms with Gasteiger partial charge in [0.15, 0.2) is 9.84 Å². The molecule has 0 aromatic heterocycles. The lowest BCUT2D eigenvalue weighted by Crippen LogP contribution is -2.52. The van der Waals surface area contributed by atoms with Crippen LogP contribution in [0.2, 0.25) is 0 Å². The number of carbonyl (C=O) groups is 1. The summed E-state index contributed by atoms with van der Waals surface area (Å²) in [4.78, 5) is 12.8. The Morgan fingerprint density at radius 2 is 2.14 bits per heavy atom. The number of morpholine rings is 1. The van der Waals surface area contributed by atoms with Crippen LogP contribution in [0.15, 0.2) is 0 Å². The molecule has 0 aliphatic carbocycles. The fourth-order valence-corrected chi connectivity index (χ4v) is 3.98. The molecule has 0 aromatic carbocycles. The van der Waals surface area contributed by atoms with Crippen LogP contribution in [0.1, 0.15) is 6.92 Å². The molecule has 2 aliphatic heterocycles. The van der Waals surface area contributed by atoms with Crippen molar-refractivity contribution in [3.8, 4) is 0 Å². The lowest BCUT2D eigenvalue weighted by Gasteiger charge is -2.35. The molecule has 5 nitrogen and oxygen atoms in total. The lowest BCUT2D eigenvalue weighted by atomic mass is 10.1. The van der Waals surface area contributed by atoms with Crippen molar-refractivity contribution >= 4 is 15.7 Å². The summed E-state index contributed by atoms with van der Waals surface area (Å²) in [7, 11) is -3.01. The minimum atomic E-state index is -3.01. The number of fused-ring (bicyclic) bond motifs is 1. The minimum absolute atomic E-state index is 0.0528. The SMILES string of the molecule is CC(=O)N1CCO[C@@H]2CS(=O)(=O)C[C@@H]21. The predicted octanol–water partition coefficient (Wildman–Crippen LogP) is -0.969. The van der Waals surface area contributed by atoms with E-state index in [1.54, 1.807) is 4.90 Å². The first kappa shape index (κ1) is 9.92. The molecule has 0 unspecified atom stereocenters. The maximum atomic E-state index is 11.3. The zero-order valence-corrected chi connectivity index (χ0v) is 8.79. The van der Waals surface area contributed by atoms with E-state index in [1.807, 2.05) is 0 Å². The quantitative estimate of drug-likeness (QED) is 0.526. The maximum Gasteiger partial charge on any atom is 0.219 e. The molecule has 2 saturated heterocycles. The van der Waals surface area contributed by atoms with Crippen LogP contribution in [0.25, 0.3) is 0 Å². The molecule has 0 spiro atoms. The van der Waals surface area contributed by atoms with Crippen molar-refractivity contribution in [3.63, 3.8) is 0 Å². The molecule has 0 radical (unpaired) electrons. The van der Waals surface area contributed by atoms with Crippen molar-refractivity contribution < 1.29 is 17.9 Å². The normalized spacial score (nSPS) is 35.4. The van der Waals surface area contributed by atoms with Crippen LogP contribution >= 0.6 is 0 Å². The summed E-state index contributed by atoms with van der Waals surface area (Å²) in [6.07, 6.45) is -0.308. The van der Waals surface area contributed by atoms with E-state index < -0.39 is 9.84 Å². The summed E-state index contributed by atoms with van der Waals surface area (Å²) in [6.45, 7) is 2.41. The van der Waals surface area contributed by atoms with Crippen LogP contribution in [-0.4, -0.2) is 56.0 Å². The average Bonchev–Trinajstić information content (AvgIpc) is 2.36.